The Labute approximate surface area is 101 Å². The predicted octanol–water partition coefficient (Wildman–Crippen LogP) is 1.57. The van der Waals surface area contributed by atoms with E-state index in [2.05, 4.69) is 4.90 Å². The molecule has 0 aromatic heterocycles. The quantitative estimate of drug-likeness (QED) is 0.662. The zero-order chi connectivity index (χ0) is 11.6. The Balaban J connectivity index is 2.06. The predicted molar refractivity (Wildman–Crippen MR) is 70.4 cm³/mol. The summed E-state index contributed by atoms with van der Waals surface area (Å²) in [5, 5.41) is 0. The molecule has 1 rings (SSSR count). The minimum absolute atomic E-state index is 0.753. The van der Waals surface area contributed by atoms with Gasteiger partial charge in [0.1, 0.15) is 0 Å². The second-order valence-corrected chi connectivity index (χ2v) is 5.07. The van der Waals surface area contributed by atoms with Crippen molar-refractivity contribution in [1.29, 1.82) is 0 Å². The van der Waals surface area contributed by atoms with Crippen molar-refractivity contribution in [2.24, 2.45) is 17.4 Å². The van der Waals surface area contributed by atoms with Crippen molar-refractivity contribution >= 4 is 0 Å². The molecule has 0 amide bonds. The van der Waals surface area contributed by atoms with E-state index in [1.54, 1.807) is 0 Å². The molecule has 0 atom stereocenters. The lowest BCUT2D eigenvalue weighted by atomic mass is 9.86. The molecule has 0 saturated heterocycles. The lowest BCUT2D eigenvalue weighted by molar-refractivity contribution is 0.259. The molecule has 3 heteroatoms. The average Bonchev–Trinajstić information content (AvgIpc) is 2.31. The number of nitrogens with zero attached hydrogens (tertiary/aromatic N) is 1. The highest BCUT2D eigenvalue weighted by Crippen LogP contribution is 2.27. The monoisotopic (exact) mass is 227 g/mol. The Morgan fingerprint density at radius 3 is 2.06 bits per heavy atom. The molecular formula is C13H29N3. The van der Waals surface area contributed by atoms with Crippen molar-refractivity contribution in [1.82, 2.24) is 4.90 Å². The van der Waals surface area contributed by atoms with Gasteiger partial charge in [-0.25, -0.2) is 0 Å². The van der Waals surface area contributed by atoms with E-state index in [9.17, 15) is 0 Å². The van der Waals surface area contributed by atoms with Crippen molar-refractivity contribution < 1.29 is 0 Å². The summed E-state index contributed by atoms with van der Waals surface area (Å²) in [6, 6.07) is 0. The number of rotatable bonds is 8. The van der Waals surface area contributed by atoms with Crippen molar-refractivity contribution in [3.05, 3.63) is 0 Å². The molecular weight excluding hydrogens is 198 g/mol. The van der Waals surface area contributed by atoms with Gasteiger partial charge in [0, 0.05) is 26.2 Å². The fourth-order valence-electron chi connectivity index (χ4n) is 2.78. The highest BCUT2D eigenvalue weighted by molar-refractivity contribution is 4.67. The minimum Gasteiger partial charge on any atom is -0.329 e. The first-order valence-corrected chi connectivity index (χ1v) is 6.99. The van der Waals surface area contributed by atoms with Gasteiger partial charge >= 0.3 is 0 Å². The van der Waals surface area contributed by atoms with E-state index in [4.69, 9.17) is 11.5 Å². The molecule has 0 bridgehead atoms. The van der Waals surface area contributed by atoms with Gasteiger partial charge in [-0.15, -0.1) is 0 Å². The van der Waals surface area contributed by atoms with E-state index in [0.29, 0.717) is 0 Å². The molecule has 0 radical (unpaired) electrons. The van der Waals surface area contributed by atoms with Gasteiger partial charge in [0.2, 0.25) is 0 Å². The van der Waals surface area contributed by atoms with Gasteiger partial charge in [0.25, 0.3) is 0 Å². The topological polar surface area (TPSA) is 55.3 Å². The van der Waals surface area contributed by atoms with Crippen molar-refractivity contribution in [3.63, 3.8) is 0 Å². The smallest absolute Gasteiger partial charge is 0.0105 e. The van der Waals surface area contributed by atoms with Crippen LogP contribution in [0.2, 0.25) is 0 Å². The maximum atomic E-state index is 5.59. The molecule has 0 heterocycles. The molecule has 1 saturated carbocycles. The van der Waals surface area contributed by atoms with Crippen molar-refractivity contribution in [2.75, 3.05) is 32.7 Å². The molecule has 0 aromatic rings. The summed E-state index contributed by atoms with van der Waals surface area (Å²) in [5.41, 5.74) is 11.2. The lowest BCUT2D eigenvalue weighted by Crippen LogP contribution is -2.34. The maximum absolute atomic E-state index is 5.59. The van der Waals surface area contributed by atoms with E-state index >= 15 is 0 Å². The van der Waals surface area contributed by atoms with Crippen LogP contribution < -0.4 is 11.5 Å². The third-order valence-corrected chi connectivity index (χ3v) is 3.70. The van der Waals surface area contributed by atoms with Crippen molar-refractivity contribution in [3.8, 4) is 0 Å². The molecule has 4 N–H and O–H groups in total. The van der Waals surface area contributed by atoms with E-state index in [-0.39, 0.29) is 0 Å². The van der Waals surface area contributed by atoms with E-state index in [1.807, 2.05) is 0 Å². The highest BCUT2D eigenvalue weighted by atomic mass is 15.1. The summed E-state index contributed by atoms with van der Waals surface area (Å²) in [6.07, 6.45) is 10.0. The van der Waals surface area contributed by atoms with Crippen LogP contribution in [0.4, 0.5) is 0 Å². The standard InChI is InChI=1S/C13H29N3/c14-8-11-16(12-9-15)10-4-7-13-5-2-1-3-6-13/h13H,1-12,14-15H2. The molecule has 1 aliphatic carbocycles. The Morgan fingerprint density at radius 2 is 1.50 bits per heavy atom. The molecule has 96 valence electrons. The van der Waals surface area contributed by atoms with E-state index in [1.165, 1.54) is 51.5 Å². The largest absolute Gasteiger partial charge is 0.329 e. The Kier molecular flexibility index (Phi) is 7.81. The molecule has 1 fully saturated rings. The van der Waals surface area contributed by atoms with Crippen LogP contribution >= 0.6 is 0 Å². The lowest BCUT2D eigenvalue weighted by Gasteiger charge is -2.24. The summed E-state index contributed by atoms with van der Waals surface area (Å²) < 4.78 is 0. The summed E-state index contributed by atoms with van der Waals surface area (Å²) in [5.74, 6) is 1.01. The Hall–Kier alpha value is -0.120. The van der Waals surface area contributed by atoms with Crippen LogP contribution in [0.25, 0.3) is 0 Å². The molecule has 0 aliphatic heterocycles. The van der Waals surface area contributed by atoms with Gasteiger partial charge in [0.15, 0.2) is 0 Å². The molecule has 0 spiro atoms. The van der Waals surface area contributed by atoms with Crippen molar-refractivity contribution in [2.45, 2.75) is 44.9 Å². The van der Waals surface area contributed by atoms with Crippen LogP contribution in [-0.4, -0.2) is 37.6 Å². The van der Waals surface area contributed by atoms with Crippen LogP contribution in [0.15, 0.2) is 0 Å². The third kappa shape index (κ3) is 5.83. The van der Waals surface area contributed by atoms with Crippen LogP contribution in [0, 0.1) is 5.92 Å². The first-order chi connectivity index (χ1) is 7.86. The molecule has 0 aromatic carbocycles. The first-order valence-electron chi connectivity index (χ1n) is 6.99. The molecule has 1 aliphatic rings. The van der Waals surface area contributed by atoms with Gasteiger partial charge in [-0.1, -0.05) is 32.1 Å². The Bertz CT molecular complexity index is 149. The molecule has 0 unspecified atom stereocenters. The molecule has 16 heavy (non-hydrogen) atoms. The molecule has 3 nitrogen and oxygen atoms in total. The number of hydrogen-bond acceptors (Lipinski definition) is 3. The second kappa shape index (κ2) is 8.97. The highest BCUT2D eigenvalue weighted by Gasteiger charge is 2.13. The first kappa shape index (κ1) is 13.9. The number of nitrogens with two attached hydrogens (primary N) is 2. The summed E-state index contributed by atoms with van der Waals surface area (Å²) >= 11 is 0. The van der Waals surface area contributed by atoms with Crippen LogP contribution in [0.5, 0.6) is 0 Å². The normalized spacial score (nSPS) is 18.2. The van der Waals surface area contributed by atoms with Crippen LogP contribution in [0.1, 0.15) is 44.9 Å². The van der Waals surface area contributed by atoms with Gasteiger partial charge in [-0.05, 0) is 25.3 Å². The SMILES string of the molecule is NCCN(CCN)CCCC1CCCCC1. The number of hydrogen-bond donors (Lipinski definition) is 2. The van der Waals surface area contributed by atoms with Gasteiger partial charge in [0.05, 0.1) is 0 Å². The van der Waals surface area contributed by atoms with Crippen LogP contribution in [-0.2, 0) is 0 Å². The zero-order valence-electron chi connectivity index (χ0n) is 10.7. The van der Waals surface area contributed by atoms with E-state index < -0.39 is 0 Å². The maximum Gasteiger partial charge on any atom is 0.0105 e. The zero-order valence-corrected chi connectivity index (χ0v) is 10.7. The van der Waals surface area contributed by atoms with Gasteiger partial charge in [-0.3, -0.25) is 0 Å². The van der Waals surface area contributed by atoms with Crippen LogP contribution in [0.3, 0.4) is 0 Å². The average molecular weight is 227 g/mol. The third-order valence-electron chi connectivity index (χ3n) is 3.70. The fraction of sp³-hybridized carbons (Fsp3) is 1.00. The van der Waals surface area contributed by atoms with Gasteiger partial charge in [-0.2, -0.15) is 0 Å². The summed E-state index contributed by atoms with van der Waals surface area (Å²) in [4.78, 5) is 2.41. The second-order valence-electron chi connectivity index (χ2n) is 5.07. The summed E-state index contributed by atoms with van der Waals surface area (Å²) in [7, 11) is 0. The van der Waals surface area contributed by atoms with E-state index in [0.717, 1.165) is 32.1 Å². The minimum atomic E-state index is 0.753. The van der Waals surface area contributed by atoms with Gasteiger partial charge < -0.3 is 16.4 Å². The Morgan fingerprint density at radius 1 is 0.875 bits per heavy atom. The fourth-order valence-corrected chi connectivity index (χ4v) is 2.78. The summed E-state index contributed by atoms with van der Waals surface area (Å²) in [6.45, 7) is 4.70.